The van der Waals surface area contributed by atoms with Crippen LogP contribution in [0.1, 0.15) is 13.3 Å². The topological polar surface area (TPSA) is 20.2 Å². The first kappa shape index (κ1) is 10.0. The van der Waals surface area contributed by atoms with E-state index in [9.17, 15) is 0 Å². The molecular formula is C4H10NaO. The first-order valence-corrected chi connectivity index (χ1v) is 1.74. The fourth-order valence-corrected chi connectivity index (χ4v) is 0. The average molecular weight is 97.1 g/mol. The van der Waals surface area contributed by atoms with Gasteiger partial charge in [-0.05, 0) is 13.3 Å². The van der Waals surface area contributed by atoms with Crippen LogP contribution in [0.4, 0.5) is 0 Å². The molecule has 33 valence electrons. The van der Waals surface area contributed by atoms with E-state index in [-0.39, 0.29) is 35.7 Å². The van der Waals surface area contributed by atoms with Gasteiger partial charge in [0.25, 0.3) is 0 Å². The molecule has 0 bridgehead atoms. The molecular weight excluding hydrogens is 87.0 g/mol. The second kappa shape index (κ2) is 5.96. The summed E-state index contributed by atoms with van der Waals surface area (Å²) in [6.07, 6.45) is 0.384. The number of hydrogen-bond acceptors (Lipinski definition) is 1. The Kier molecular flexibility index (Phi) is 9.98. The molecule has 0 aromatic rings. The van der Waals surface area contributed by atoms with Crippen LogP contribution in [0.3, 0.4) is 0 Å². The molecule has 1 N–H and O–H groups in total. The van der Waals surface area contributed by atoms with E-state index in [1.54, 1.807) is 6.92 Å². The molecule has 0 saturated heterocycles. The summed E-state index contributed by atoms with van der Waals surface area (Å²) in [6.45, 7) is 5.15. The summed E-state index contributed by atoms with van der Waals surface area (Å²) in [5, 5.41) is 8.30. The summed E-state index contributed by atoms with van der Waals surface area (Å²) in [5.41, 5.74) is 0. The van der Waals surface area contributed by atoms with Gasteiger partial charge in [-0.2, -0.15) is 0 Å². The zero-order valence-corrected chi connectivity index (χ0v) is 3.44. The van der Waals surface area contributed by atoms with Crippen molar-refractivity contribution in [1.82, 2.24) is 0 Å². The van der Waals surface area contributed by atoms with Crippen LogP contribution in [-0.4, -0.2) is 40.8 Å². The number of aliphatic hydroxyl groups excluding tert-OH is 1. The molecule has 0 rings (SSSR count). The number of hydrogen-bond donors (Lipinski definition) is 1. The predicted octanol–water partition coefficient (Wildman–Crippen LogP) is -0.0571. The van der Waals surface area contributed by atoms with Gasteiger partial charge in [0.1, 0.15) is 0 Å². The van der Waals surface area contributed by atoms with Crippen molar-refractivity contribution in [3.05, 3.63) is 6.92 Å². The molecule has 1 radical (unpaired) electrons. The predicted molar refractivity (Wildman–Crippen MR) is 28.8 cm³/mol. The van der Waals surface area contributed by atoms with E-state index in [0.717, 1.165) is 0 Å². The Morgan fingerprint density at radius 2 is 2.00 bits per heavy atom. The van der Waals surface area contributed by atoms with Gasteiger partial charge in [-0.3, -0.25) is 0 Å². The molecule has 0 aliphatic rings. The van der Waals surface area contributed by atoms with Gasteiger partial charge in [0.15, 0.2) is 0 Å². The van der Waals surface area contributed by atoms with Crippen LogP contribution in [0.25, 0.3) is 0 Å². The molecule has 0 aliphatic heterocycles. The van der Waals surface area contributed by atoms with Gasteiger partial charge in [0.05, 0.1) is 6.10 Å². The molecule has 0 heterocycles. The van der Waals surface area contributed by atoms with E-state index in [1.807, 2.05) is 0 Å². The Balaban J connectivity index is 0. The quantitative estimate of drug-likeness (QED) is 0.454. The zero-order valence-electron chi connectivity index (χ0n) is 3.44. The molecule has 1 unspecified atom stereocenters. The first-order valence-electron chi connectivity index (χ1n) is 1.74. The summed E-state index contributed by atoms with van der Waals surface area (Å²) >= 11 is 0. The summed E-state index contributed by atoms with van der Waals surface area (Å²) in [6, 6.07) is 0. The Labute approximate surface area is 61.0 Å². The molecule has 0 aromatic carbocycles. The summed E-state index contributed by atoms with van der Waals surface area (Å²) in [4.78, 5) is 0. The third-order valence-electron chi connectivity index (χ3n) is 0.418. The van der Waals surface area contributed by atoms with E-state index in [1.165, 1.54) is 0 Å². The monoisotopic (exact) mass is 97.1 g/mol. The van der Waals surface area contributed by atoms with Gasteiger partial charge in [0, 0.05) is 0 Å². The van der Waals surface area contributed by atoms with Crippen LogP contribution in [0.2, 0.25) is 0 Å². The van der Waals surface area contributed by atoms with Gasteiger partial charge in [0.2, 0.25) is 0 Å². The minimum absolute atomic E-state index is 0. The van der Waals surface area contributed by atoms with E-state index >= 15 is 0 Å². The molecule has 0 spiro atoms. The number of rotatable bonds is 1. The van der Waals surface area contributed by atoms with Crippen molar-refractivity contribution < 1.29 is 5.11 Å². The van der Waals surface area contributed by atoms with Crippen molar-refractivity contribution in [3.63, 3.8) is 0 Å². The molecule has 0 fully saturated rings. The van der Waals surface area contributed by atoms with Crippen LogP contribution in [0.15, 0.2) is 0 Å². The van der Waals surface area contributed by atoms with Crippen molar-refractivity contribution in [1.29, 1.82) is 0 Å². The van der Waals surface area contributed by atoms with E-state index < -0.39 is 0 Å². The molecule has 0 aliphatic carbocycles. The summed E-state index contributed by atoms with van der Waals surface area (Å²) in [7, 11) is 0. The number of aliphatic hydroxyl groups is 1. The van der Waals surface area contributed by atoms with Crippen LogP contribution >= 0.6 is 0 Å². The average Bonchev–Trinajstić information content (AvgIpc) is 1.38. The van der Waals surface area contributed by atoms with Crippen molar-refractivity contribution in [2.75, 3.05) is 0 Å². The van der Waals surface area contributed by atoms with E-state index in [0.29, 0.717) is 6.42 Å². The molecule has 0 aromatic heterocycles. The van der Waals surface area contributed by atoms with Gasteiger partial charge >= 0.3 is 29.6 Å². The van der Waals surface area contributed by atoms with Gasteiger partial charge in [-0.15, -0.1) is 0 Å². The maximum atomic E-state index is 8.30. The standard InChI is InChI=1S/C4H9O.Na.H/c1-3-4(2)5;;/h4-5H,1,3H2,2H3;;. The van der Waals surface area contributed by atoms with Crippen molar-refractivity contribution in [2.45, 2.75) is 19.4 Å². The molecule has 0 saturated carbocycles. The Morgan fingerprint density at radius 3 is 2.00 bits per heavy atom. The van der Waals surface area contributed by atoms with Crippen LogP contribution in [0, 0.1) is 6.92 Å². The van der Waals surface area contributed by atoms with Gasteiger partial charge in [-0.1, -0.05) is 6.92 Å². The molecule has 0 amide bonds. The van der Waals surface area contributed by atoms with Crippen LogP contribution < -0.4 is 0 Å². The SMILES string of the molecule is [CH2]CC(C)O.[NaH]. The molecule has 6 heavy (non-hydrogen) atoms. The fraction of sp³-hybridized carbons (Fsp3) is 0.750. The maximum absolute atomic E-state index is 8.30. The van der Waals surface area contributed by atoms with Gasteiger partial charge in [-0.25, -0.2) is 0 Å². The Morgan fingerprint density at radius 1 is 1.83 bits per heavy atom. The molecule has 1 nitrogen and oxygen atoms in total. The van der Waals surface area contributed by atoms with Crippen molar-refractivity contribution >= 4 is 29.6 Å². The van der Waals surface area contributed by atoms with Gasteiger partial charge < -0.3 is 5.11 Å². The molecule has 2 heteroatoms. The summed E-state index contributed by atoms with van der Waals surface area (Å²) in [5.74, 6) is 0. The minimum atomic E-state index is -0.227. The summed E-state index contributed by atoms with van der Waals surface area (Å²) < 4.78 is 0. The second-order valence-corrected chi connectivity index (χ2v) is 1.14. The van der Waals surface area contributed by atoms with E-state index in [4.69, 9.17) is 5.11 Å². The normalized spacial score (nSPS) is 12.5. The first-order chi connectivity index (χ1) is 2.27. The second-order valence-electron chi connectivity index (χ2n) is 1.14. The van der Waals surface area contributed by atoms with Crippen molar-refractivity contribution in [3.8, 4) is 0 Å². The third kappa shape index (κ3) is 8.88. The van der Waals surface area contributed by atoms with Crippen LogP contribution in [0.5, 0.6) is 0 Å². The third-order valence-corrected chi connectivity index (χ3v) is 0.418. The molecule has 1 atom stereocenters. The Bertz CT molecular complexity index is 21.5. The van der Waals surface area contributed by atoms with Crippen LogP contribution in [-0.2, 0) is 0 Å². The Hall–Kier alpha value is 0.960. The fourth-order valence-electron chi connectivity index (χ4n) is 0. The zero-order chi connectivity index (χ0) is 4.28. The van der Waals surface area contributed by atoms with E-state index in [2.05, 4.69) is 6.92 Å². The van der Waals surface area contributed by atoms with Crippen molar-refractivity contribution in [2.24, 2.45) is 0 Å².